The fourth-order valence-electron chi connectivity index (χ4n) is 3.50. The standard InChI is InChI=1S/C18H21N3O3/c1-13(22)21-10-6-9-18(21,17(23)19-2)12-15-11-16(20-24-15)14-7-4-3-5-8-14/h3-5,7-8,11H,6,9-10,12H2,1-2H3,(H,19,23)/t18-/m1/s1. The SMILES string of the molecule is CNC(=O)[C@]1(Cc2cc(-c3ccccc3)no2)CCCN1C(C)=O. The molecule has 3 rings (SSSR count). The van der Waals surface area contributed by atoms with Crippen molar-refractivity contribution in [2.24, 2.45) is 0 Å². The lowest BCUT2D eigenvalue weighted by Gasteiger charge is -2.35. The molecule has 0 radical (unpaired) electrons. The maximum absolute atomic E-state index is 12.6. The number of likely N-dealkylation sites (N-methyl/N-ethyl adjacent to an activating group) is 1. The Labute approximate surface area is 140 Å². The number of amides is 2. The summed E-state index contributed by atoms with van der Waals surface area (Å²) in [5.74, 6) is 0.345. The van der Waals surface area contributed by atoms with E-state index in [0.29, 0.717) is 25.1 Å². The van der Waals surface area contributed by atoms with Gasteiger partial charge in [0.1, 0.15) is 17.0 Å². The monoisotopic (exact) mass is 327 g/mol. The van der Waals surface area contributed by atoms with Crippen molar-refractivity contribution in [2.45, 2.75) is 31.7 Å². The molecule has 2 aromatic rings. The first-order valence-corrected chi connectivity index (χ1v) is 8.08. The maximum Gasteiger partial charge on any atom is 0.246 e. The largest absolute Gasteiger partial charge is 0.361 e. The molecule has 1 aromatic carbocycles. The van der Waals surface area contributed by atoms with Crippen molar-refractivity contribution in [3.63, 3.8) is 0 Å². The van der Waals surface area contributed by atoms with Gasteiger partial charge in [-0.2, -0.15) is 0 Å². The predicted octanol–water partition coefficient (Wildman–Crippen LogP) is 2.01. The summed E-state index contributed by atoms with van der Waals surface area (Å²) in [4.78, 5) is 26.2. The lowest BCUT2D eigenvalue weighted by molar-refractivity contribution is -0.143. The van der Waals surface area contributed by atoms with Crippen molar-refractivity contribution < 1.29 is 14.1 Å². The van der Waals surface area contributed by atoms with Crippen LogP contribution in [0.5, 0.6) is 0 Å². The van der Waals surface area contributed by atoms with Crippen LogP contribution >= 0.6 is 0 Å². The Hall–Kier alpha value is -2.63. The minimum absolute atomic E-state index is 0.0982. The molecule has 1 atom stereocenters. The van der Waals surface area contributed by atoms with Crippen LogP contribution < -0.4 is 5.32 Å². The minimum Gasteiger partial charge on any atom is -0.361 e. The third-order valence-electron chi connectivity index (χ3n) is 4.61. The first kappa shape index (κ1) is 16.2. The van der Waals surface area contributed by atoms with E-state index < -0.39 is 5.54 Å². The van der Waals surface area contributed by atoms with Crippen LogP contribution in [0.2, 0.25) is 0 Å². The molecule has 1 fully saturated rings. The Balaban J connectivity index is 1.90. The summed E-state index contributed by atoms with van der Waals surface area (Å²) in [7, 11) is 1.59. The second-order valence-electron chi connectivity index (χ2n) is 6.11. The van der Waals surface area contributed by atoms with Crippen molar-refractivity contribution in [2.75, 3.05) is 13.6 Å². The summed E-state index contributed by atoms with van der Waals surface area (Å²) >= 11 is 0. The molecule has 6 heteroatoms. The summed E-state index contributed by atoms with van der Waals surface area (Å²) in [5, 5.41) is 6.80. The molecule has 0 saturated carbocycles. The molecular weight excluding hydrogens is 306 g/mol. The molecule has 2 heterocycles. The number of nitrogens with one attached hydrogen (secondary N) is 1. The van der Waals surface area contributed by atoms with E-state index in [1.807, 2.05) is 36.4 Å². The molecule has 1 aromatic heterocycles. The van der Waals surface area contributed by atoms with Gasteiger partial charge < -0.3 is 14.7 Å². The van der Waals surface area contributed by atoms with Gasteiger partial charge in [0.05, 0.1) is 0 Å². The zero-order valence-corrected chi connectivity index (χ0v) is 13.9. The second-order valence-corrected chi connectivity index (χ2v) is 6.11. The number of benzene rings is 1. The summed E-state index contributed by atoms with van der Waals surface area (Å²) in [5.41, 5.74) is 0.787. The predicted molar refractivity (Wildman–Crippen MR) is 89.1 cm³/mol. The summed E-state index contributed by atoms with van der Waals surface area (Å²) < 4.78 is 5.46. The van der Waals surface area contributed by atoms with Crippen molar-refractivity contribution in [1.29, 1.82) is 0 Å². The molecule has 2 amide bonds. The van der Waals surface area contributed by atoms with E-state index in [4.69, 9.17) is 4.52 Å². The smallest absolute Gasteiger partial charge is 0.246 e. The third kappa shape index (κ3) is 2.79. The highest BCUT2D eigenvalue weighted by atomic mass is 16.5. The average Bonchev–Trinajstić information content (AvgIpc) is 3.23. The van der Waals surface area contributed by atoms with Crippen LogP contribution in [-0.4, -0.2) is 41.0 Å². The number of carbonyl (C=O) groups excluding carboxylic acids is 2. The molecule has 0 bridgehead atoms. The van der Waals surface area contributed by atoms with Gasteiger partial charge in [0.2, 0.25) is 11.8 Å². The van der Waals surface area contributed by atoms with E-state index in [1.54, 1.807) is 11.9 Å². The van der Waals surface area contributed by atoms with Gasteiger partial charge in [-0.1, -0.05) is 35.5 Å². The van der Waals surface area contributed by atoms with Gasteiger partial charge in [-0.3, -0.25) is 9.59 Å². The van der Waals surface area contributed by atoms with Crippen LogP contribution in [0.15, 0.2) is 40.9 Å². The first-order chi connectivity index (χ1) is 11.6. The van der Waals surface area contributed by atoms with Crippen LogP contribution in [0.25, 0.3) is 11.3 Å². The lowest BCUT2D eigenvalue weighted by Crippen LogP contribution is -2.57. The normalized spacial score (nSPS) is 20.2. The molecule has 1 N–H and O–H groups in total. The summed E-state index contributed by atoms with van der Waals surface area (Å²) in [6.45, 7) is 2.08. The van der Waals surface area contributed by atoms with Crippen LogP contribution in [-0.2, 0) is 16.0 Å². The van der Waals surface area contributed by atoms with Gasteiger partial charge in [0, 0.05) is 38.6 Å². The van der Waals surface area contributed by atoms with Crippen molar-refractivity contribution in [3.05, 3.63) is 42.2 Å². The Morgan fingerprint density at radius 3 is 2.75 bits per heavy atom. The molecule has 1 saturated heterocycles. The van der Waals surface area contributed by atoms with Gasteiger partial charge in [-0.15, -0.1) is 0 Å². The first-order valence-electron chi connectivity index (χ1n) is 8.08. The van der Waals surface area contributed by atoms with Gasteiger partial charge in [0.15, 0.2) is 0 Å². The van der Waals surface area contributed by atoms with Gasteiger partial charge >= 0.3 is 0 Å². The molecule has 0 aliphatic carbocycles. The quantitative estimate of drug-likeness (QED) is 0.932. The Morgan fingerprint density at radius 1 is 1.33 bits per heavy atom. The van der Waals surface area contributed by atoms with Gasteiger partial charge in [-0.25, -0.2) is 0 Å². The molecule has 0 unspecified atom stereocenters. The zero-order chi connectivity index (χ0) is 17.2. The molecule has 24 heavy (non-hydrogen) atoms. The van der Waals surface area contributed by atoms with E-state index in [2.05, 4.69) is 10.5 Å². The maximum atomic E-state index is 12.6. The number of hydrogen-bond acceptors (Lipinski definition) is 4. The number of likely N-dealkylation sites (tertiary alicyclic amines) is 1. The second kappa shape index (κ2) is 6.47. The molecular formula is C18H21N3O3. The van der Waals surface area contributed by atoms with Crippen LogP contribution in [0.1, 0.15) is 25.5 Å². The van der Waals surface area contributed by atoms with E-state index in [1.165, 1.54) is 6.92 Å². The van der Waals surface area contributed by atoms with E-state index in [0.717, 1.165) is 17.7 Å². The fraction of sp³-hybridized carbons (Fsp3) is 0.389. The fourth-order valence-corrected chi connectivity index (χ4v) is 3.50. The van der Waals surface area contributed by atoms with E-state index in [-0.39, 0.29) is 11.8 Å². The third-order valence-corrected chi connectivity index (χ3v) is 4.61. The average molecular weight is 327 g/mol. The lowest BCUT2D eigenvalue weighted by atomic mass is 9.89. The van der Waals surface area contributed by atoms with Gasteiger partial charge in [0.25, 0.3) is 0 Å². The highest BCUT2D eigenvalue weighted by Crippen LogP contribution is 2.34. The Morgan fingerprint density at radius 2 is 2.08 bits per heavy atom. The Kier molecular flexibility index (Phi) is 4.38. The number of carbonyl (C=O) groups is 2. The van der Waals surface area contributed by atoms with Crippen LogP contribution in [0, 0.1) is 0 Å². The van der Waals surface area contributed by atoms with Crippen molar-refractivity contribution in [3.8, 4) is 11.3 Å². The highest BCUT2D eigenvalue weighted by Gasteiger charge is 2.49. The van der Waals surface area contributed by atoms with E-state index in [9.17, 15) is 9.59 Å². The molecule has 6 nitrogen and oxygen atoms in total. The Bertz CT molecular complexity index is 741. The number of hydrogen-bond donors (Lipinski definition) is 1. The highest BCUT2D eigenvalue weighted by molar-refractivity contribution is 5.91. The zero-order valence-electron chi connectivity index (χ0n) is 13.9. The summed E-state index contributed by atoms with van der Waals surface area (Å²) in [6.07, 6.45) is 1.74. The summed E-state index contributed by atoms with van der Waals surface area (Å²) in [6, 6.07) is 11.6. The van der Waals surface area contributed by atoms with Gasteiger partial charge in [-0.05, 0) is 12.8 Å². The van der Waals surface area contributed by atoms with E-state index >= 15 is 0 Å². The number of rotatable bonds is 4. The topological polar surface area (TPSA) is 75.4 Å². The molecule has 126 valence electrons. The molecule has 1 aliphatic heterocycles. The molecule has 1 aliphatic rings. The minimum atomic E-state index is -0.895. The van der Waals surface area contributed by atoms with Crippen molar-refractivity contribution in [1.82, 2.24) is 15.4 Å². The van der Waals surface area contributed by atoms with Crippen molar-refractivity contribution >= 4 is 11.8 Å². The van der Waals surface area contributed by atoms with Crippen LogP contribution in [0.4, 0.5) is 0 Å². The number of aromatic nitrogens is 1. The molecule has 0 spiro atoms. The van der Waals surface area contributed by atoms with Crippen LogP contribution in [0.3, 0.4) is 0 Å². The number of nitrogens with zero attached hydrogens (tertiary/aromatic N) is 2.